The first-order valence-electron chi connectivity index (χ1n) is 9.79. The number of amidine groups is 1. The van der Waals surface area contributed by atoms with Crippen LogP contribution in [0.2, 0.25) is 0 Å². The Balaban J connectivity index is 2.08. The van der Waals surface area contributed by atoms with Crippen LogP contribution in [0, 0.1) is 63.1 Å². The molecular formula is C23H13F5N4O. The number of para-hydroxylation sites is 1. The number of carbonyl (C=O) groups is 1. The Morgan fingerprint density at radius 2 is 1.55 bits per heavy atom. The maximum Gasteiger partial charge on any atom is 0.200 e. The summed E-state index contributed by atoms with van der Waals surface area (Å²) in [4.78, 5) is 14.1. The molecule has 1 N–H and O–H groups in total. The summed E-state index contributed by atoms with van der Waals surface area (Å²) in [6, 6.07) is 9.69. The van der Waals surface area contributed by atoms with E-state index in [2.05, 4.69) is 0 Å². The zero-order valence-electron chi connectivity index (χ0n) is 16.7. The van der Waals surface area contributed by atoms with Gasteiger partial charge in [-0.3, -0.25) is 15.1 Å². The van der Waals surface area contributed by atoms with E-state index in [9.17, 15) is 37.3 Å². The molecule has 2 aliphatic rings. The molecule has 2 aromatic rings. The molecule has 0 bridgehead atoms. The number of carbonyl (C=O) groups excluding carboxylic acids is 1. The molecule has 1 aliphatic heterocycles. The van der Waals surface area contributed by atoms with Crippen LogP contribution in [-0.2, 0) is 4.79 Å². The van der Waals surface area contributed by atoms with Crippen molar-refractivity contribution in [3.8, 4) is 12.1 Å². The Hall–Kier alpha value is -4.05. The summed E-state index contributed by atoms with van der Waals surface area (Å²) < 4.78 is 71.2. The number of nitriles is 2. The molecule has 33 heavy (non-hydrogen) atoms. The van der Waals surface area contributed by atoms with Crippen LogP contribution in [0.4, 0.5) is 27.6 Å². The van der Waals surface area contributed by atoms with Crippen molar-refractivity contribution in [2.75, 3.05) is 4.90 Å². The number of hydrogen-bond acceptors (Lipinski definition) is 4. The van der Waals surface area contributed by atoms with E-state index >= 15 is 0 Å². The molecule has 2 aromatic carbocycles. The third-order valence-electron chi connectivity index (χ3n) is 5.84. The van der Waals surface area contributed by atoms with E-state index in [0.29, 0.717) is 6.42 Å². The second-order valence-corrected chi connectivity index (χ2v) is 7.55. The van der Waals surface area contributed by atoms with Gasteiger partial charge in [-0.25, -0.2) is 22.0 Å². The number of benzene rings is 2. The Kier molecular flexibility index (Phi) is 5.46. The number of nitrogens with zero attached hydrogens (tertiary/aromatic N) is 3. The Labute approximate surface area is 184 Å². The van der Waals surface area contributed by atoms with Crippen molar-refractivity contribution in [3.05, 3.63) is 75.7 Å². The molecule has 4 rings (SSSR count). The Morgan fingerprint density at radius 1 is 0.939 bits per heavy atom. The van der Waals surface area contributed by atoms with Crippen molar-refractivity contribution in [1.29, 1.82) is 15.9 Å². The van der Waals surface area contributed by atoms with Crippen LogP contribution < -0.4 is 4.90 Å². The van der Waals surface area contributed by atoms with Crippen molar-refractivity contribution in [1.82, 2.24) is 0 Å². The van der Waals surface area contributed by atoms with Crippen LogP contribution in [0.25, 0.3) is 0 Å². The number of ketones is 1. The summed E-state index contributed by atoms with van der Waals surface area (Å²) in [5, 5.41) is 27.9. The normalized spacial score (nSPS) is 20.4. The molecular weight excluding hydrogens is 443 g/mol. The summed E-state index contributed by atoms with van der Waals surface area (Å²) in [6.07, 6.45) is 0.369. The van der Waals surface area contributed by atoms with Crippen LogP contribution in [0.3, 0.4) is 0 Å². The fourth-order valence-corrected chi connectivity index (χ4v) is 4.42. The number of anilines is 1. The van der Waals surface area contributed by atoms with E-state index in [4.69, 9.17) is 5.41 Å². The quantitative estimate of drug-likeness (QED) is 0.392. The lowest BCUT2D eigenvalue weighted by atomic mass is 9.71. The highest BCUT2D eigenvalue weighted by atomic mass is 19.2. The lowest BCUT2D eigenvalue weighted by Crippen LogP contribution is -2.46. The van der Waals surface area contributed by atoms with Gasteiger partial charge in [0.05, 0.1) is 17.3 Å². The Bertz CT molecular complexity index is 1310. The van der Waals surface area contributed by atoms with Crippen LogP contribution in [0.15, 0.2) is 35.5 Å². The standard InChI is InChI=1S/C23H13F5N4O/c24-18-17(19(25)21(27)22(28)20(18)26)15-11(9-30)23(31)32(12-5-2-1-4-10(12)8-29)13-6-3-7-14(33)16(13)15/h1-2,4-5,11,15,31H,3,6-7H2. The largest absolute Gasteiger partial charge is 0.300 e. The fraction of sp³-hybridized carbons (Fsp3) is 0.217. The van der Waals surface area contributed by atoms with Gasteiger partial charge in [0, 0.05) is 29.2 Å². The van der Waals surface area contributed by atoms with Crippen LogP contribution >= 0.6 is 0 Å². The third-order valence-corrected chi connectivity index (χ3v) is 5.84. The monoisotopic (exact) mass is 456 g/mol. The van der Waals surface area contributed by atoms with Crippen molar-refractivity contribution < 1.29 is 26.7 Å². The highest BCUT2D eigenvalue weighted by Crippen LogP contribution is 2.48. The van der Waals surface area contributed by atoms with Gasteiger partial charge < -0.3 is 0 Å². The number of hydrogen-bond donors (Lipinski definition) is 1. The van der Waals surface area contributed by atoms with Crippen molar-refractivity contribution in [2.24, 2.45) is 5.92 Å². The lowest BCUT2D eigenvalue weighted by molar-refractivity contribution is -0.116. The summed E-state index contributed by atoms with van der Waals surface area (Å²) in [5.41, 5.74) is -1.24. The van der Waals surface area contributed by atoms with E-state index in [1.807, 2.05) is 6.07 Å². The van der Waals surface area contributed by atoms with Crippen molar-refractivity contribution in [3.63, 3.8) is 0 Å². The molecule has 5 nitrogen and oxygen atoms in total. The molecule has 2 atom stereocenters. The van der Waals surface area contributed by atoms with E-state index in [0.717, 1.165) is 0 Å². The molecule has 0 saturated carbocycles. The predicted octanol–water partition coefficient (Wildman–Crippen LogP) is 4.98. The van der Waals surface area contributed by atoms with Crippen LogP contribution in [-0.4, -0.2) is 11.6 Å². The molecule has 0 aromatic heterocycles. The van der Waals surface area contributed by atoms with Gasteiger partial charge in [-0.05, 0) is 25.0 Å². The molecule has 0 radical (unpaired) electrons. The number of rotatable bonds is 2. The molecule has 0 saturated heterocycles. The molecule has 1 heterocycles. The number of nitrogens with one attached hydrogen (secondary N) is 1. The van der Waals surface area contributed by atoms with E-state index in [1.54, 1.807) is 18.2 Å². The molecule has 10 heteroatoms. The van der Waals surface area contributed by atoms with Gasteiger partial charge in [0.15, 0.2) is 29.1 Å². The SMILES string of the molecule is N#Cc1ccccc1N1C(=N)C(C#N)C(c2c(F)c(F)c(F)c(F)c2F)C2=C1CCCC2=O. The first-order valence-corrected chi connectivity index (χ1v) is 9.79. The molecule has 1 aliphatic carbocycles. The first-order chi connectivity index (χ1) is 15.7. The summed E-state index contributed by atoms with van der Waals surface area (Å²) in [5.74, 6) is -15.9. The summed E-state index contributed by atoms with van der Waals surface area (Å²) in [7, 11) is 0. The maximum atomic E-state index is 14.8. The highest BCUT2D eigenvalue weighted by molar-refractivity contribution is 6.10. The van der Waals surface area contributed by atoms with Gasteiger partial charge in [0.1, 0.15) is 17.8 Å². The van der Waals surface area contributed by atoms with Gasteiger partial charge in [0.25, 0.3) is 0 Å². The average Bonchev–Trinajstić information content (AvgIpc) is 2.82. The highest BCUT2D eigenvalue weighted by Gasteiger charge is 2.48. The topological polar surface area (TPSA) is 91.7 Å². The number of allylic oxidation sites excluding steroid dienone is 2. The Morgan fingerprint density at radius 3 is 2.15 bits per heavy atom. The zero-order valence-corrected chi connectivity index (χ0v) is 16.7. The lowest BCUT2D eigenvalue weighted by Gasteiger charge is -2.42. The predicted molar refractivity (Wildman–Crippen MR) is 105 cm³/mol. The second kappa shape index (κ2) is 8.14. The van der Waals surface area contributed by atoms with Gasteiger partial charge in [-0.1, -0.05) is 12.1 Å². The van der Waals surface area contributed by atoms with E-state index in [1.165, 1.54) is 17.0 Å². The van der Waals surface area contributed by atoms with Gasteiger partial charge >= 0.3 is 0 Å². The minimum atomic E-state index is -2.36. The minimum Gasteiger partial charge on any atom is -0.300 e. The van der Waals surface area contributed by atoms with Crippen LogP contribution in [0.1, 0.15) is 36.3 Å². The third kappa shape index (κ3) is 3.18. The summed E-state index contributed by atoms with van der Waals surface area (Å²) >= 11 is 0. The number of halogens is 5. The molecule has 2 unspecified atom stereocenters. The fourth-order valence-electron chi connectivity index (χ4n) is 4.42. The number of Topliss-reactive ketones (excluding diaryl/α,β-unsaturated/α-hetero) is 1. The smallest absolute Gasteiger partial charge is 0.200 e. The molecule has 166 valence electrons. The van der Waals surface area contributed by atoms with Crippen molar-refractivity contribution in [2.45, 2.75) is 25.2 Å². The van der Waals surface area contributed by atoms with Gasteiger partial charge in [-0.2, -0.15) is 10.5 Å². The first kappa shape index (κ1) is 22.2. The van der Waals surface area contributed by atoms with E-state index < -0.39 is 58.1 Å². The minimum absolute atomic E-state index is 0.0655. The second-order valence-electron chi connectivity index (χ2n) is 7.55. The molecule has 0 amide bonds. The van der Waals surface area contributed by atoms with Crippen LogP contribution in [0.5, 0.6) is 0 Å². The average molecular weight is 456 g/mol. The zero-order chi connectivity index (χ0) is 24.0. The molecule has 0 fully saturated rings. The maximum absolute atomic E-state index is 14.8. The van der Waals surface area contributed by atoms with E-state index in [-0.39, 0.29) is 35.4 Å². The summed E-state index contributed by atoms with van der Waals surface area (Å²) in [6.45, 7) is 0. The van der Waals surface area contributed by atoms with Crippen molar-refractivity contribution >= 4 is 17.3 Å². The van der Waals surface area contributed by atoms with Gasteiger partial charge in [0.2, 0.25) is 5.82 Å². The van der Waals surface area contributed by atoms with Gasteiger partial charge in [-0.15, -0.1) is 0 Å². The molecule has 0 spiro atoms.